The number of halogens is 2. The van der Waals surface area contributed by atoms with E-state index in [4.69, 9.17) is 14.7 Å². The Kier molecular flexibility index (Phi) is 6.49. The zero-order chi connectivity index (χ0) is 21.7. The summed E-state index contributed by atoms with van der Waals surface area (Å²) in [6.45, 7) is 0. The molecular formula is C21H15F2N3O3S. The summed E-state index contributed by atoms with van der Waals surface area (Å²) in [4.78, 5) is 17.8. The van der Waals surface area contributed by atoms with E-state index in [0.717, 1.165) is 24.1 Å². The van der Waals surface area contributed by atoms with E-state index < -0.39 is 23.3 Å². The second kappa shape index (κ2) is 9.24. The molecule has 0 aliphatic carbocycles. The van der Waals surface area contributed by atoms with Crippen LogP contribution in [0.15, 0.2) is 53.6 Å². The molecule has 3 rings (SSSR count). The largest absolute Gasteiger partial charge is 0.490 e. The van der Waals surface area contributed by atoms with E-state index in [-0.39, 0.29) is 22.8 Å². The highest BCUT2D eigenvalue weighted by Crippen LogP contribution is 2.35. The minimum absolute atomic E-state index is 0.0598. The van der Waals surface area contributed by atoms with Crippen molar-refractivity contribution in [2.24, 2.45) is 0 Å². The fourth-order valence-corrected chi connectivity index (χ4v) is 3.01. The van der Waals surface area contributed by atoms with Crippen LogP contribution in [0.2, 0.25) is 0 Å². The highest BCUT2D eigenvalue weighted by Gasteiger charge is 2.21. The Bertz CT molecular complexity index is 1150. The predicted molar refractivity (Wildman–Crippen MR) is 108 cm³/mol. The molecule has 0 radical (unpaired) electrons. The van der Waals surface area contributed by atoms with E-state index in [9.17, 15) is 13.6 Å². The van der Waals surface area contributed by atoms with Crippen LogP contribution in [0.1, 0.15) is 15.9 Å². The van der Waals surface area contributed by atoms with Gasteiger partial charge in [-0.15, -0.1) is 11.8 Å². The summed E-state index contributed by atoms with van der Waals surface area (Å²) in [5, 5.41) is 11.9. The van der Waals surface area contributed by atoms with Crippen LogP contribution in [0.3, 0.4) is 0 Å². The van der Waals surface area contributed by atoms with Crippen LogP contribution in [0.25, 0.3) is 0 Å². The number of carbonyl (C=O) groups excluding carboxylic acids is 1. The van der Waals surface area contributed by atoms with E-state index in [1.54, 1.807) is 18.2 Å². The highest BCUT2D eigenvalue weighted by atomic mass is 32.2. The number of nitrogens with zero attached hydrogens (tertiary/aromatic N) is 2. The Hall–Kier alpha value is -3.64. The fourth-order valence-electron chi connectivity index (χ4n) is 2.55. The van der Waals surface area contributed by atoms with Crippen molar-refractivity contribution in [2.75, 3.05) is 18.7 Å². The quantitative estimate of drug-likeness (QED) is 0.557. The molecule has 6 nitrogen and oxygen atoms in total. The molecule has 30 heavy (non-hydrogen) atoms. The molecule has 9 heteroatoms. The van der Waals surface area contributed by atoms with E-state index >= 15 is 0 Å². The smallest absolute Gasteiger partial charge is 0.261 e. The van der Waals surface area contributed by atoms with Crippen LogP contribution in [0.5, 0.6) is 17.4 Å². The van der Waals surface area contributed by atoms with Gasteiger partial charge in [-0.1, -0.05) is 6.07 Å². The van der Waals surface area contributed by atoms with Crippen molar-refractivity contribution in [3.05, 3.63) is 71.4 Å². The normalized spacial score (nSPS) is 10.2. The lowest BCUT2D eigenvalue weighted by molar-refractivity contribution is 0.102. The van der Waals surface area contributed by atoms with Gasteiger partial charge in [-0.05, 0) is 42.7 Å². The number of aromatic nitrogens is 1. The van der Waals surface area contributed by atoms with E-state index in [1.807, 2.05) is 18.4 Å². The maximum absolute atomic E-state index is 14.0. The molecule has 2 aromatic carbocycles. The van der Waals surface area contributed by atoms with Gasteiger partial charge in [0.25, 0.3) is 5.91 Å². The Labute approximate surface area is 175 Å². The molecule has 1 heterocycles. The number of hydrogen-bond donors (Lipinski definition) is 1. The molecular weight excluding hydrogens is 412 g/mol. The third-order valence-electron chi connectivity index (χ3n) is 3.98. The van der Waals surface area contributed by atoms with Crippen molar-refractivity contribution in [2.45, 2.75) is 4.90 Å². The molecule has 0 fully saturated rings. The van der Waals surface area contributed by atoms with Gasteiger partial charge >= 0.3 is 0 Å². The zero-order valence-electron chi connectivity index (χ0n) is 15.9. The monoisotopic (exact) mass is 427 g/mol. The molecule has 0 spiro atoms. The molecule has 0 saturated heterocycles. The van der Waals surface area contributed by atoms with Crippen molar-refractivity contribution in [3.8, 4) is 23.4 Å². The van der Waals surface area contributed by atoms with Gasteiger partial charge in [0.05, 0.1) is 12.7 Å². The minimum atomic E-state index is -1.23. The van der Waals surface area contributed by atoms with Crippen LogP contribution in [-0.2, 0) is 0 Å². The summed E-state index contributed by atoms with van der Waals surface area (Å²) in [5.74, 6) is -3.78. The lowest BCUT2D eigenvalue weighted by atomic mass is 10.2. The summed E-state index contributed by atoms with van der Waals surface area (Å²) < 4.78 is 37.9. The standard InChI is InChI=1S/C21H15F2N3O3S/c1-28-19-17(7-6-16(22)18(19)23)29-21-15(8-12(10-24)11-25-21)20(27)26-13-4-3-5-14(9-13)30-2/h3-9,11H,1-2H3,(H,26,27). The number of pyridine rings is 1. The lowest BCUT2D eigenvalue weighted by Crippen LogP contribution is -2.14. The predicted octanol–water partition coefficient (Wildman–Crippen LogP) is 5.01. The average molecular weight is 427 g/mol. The number of rotatable bonds is 6. The number of anilines is 1. The van der Waals surface area contributed by atoms with Crippen molar-refractivity contribution in [1.29, 1.82) is 5.26 Å². The molecule has 152 valence electrons. The van der Waals surface area contributed by atoms with Crippen LogP contribution in [0, 0.1) is 23.0 Å². The van der Waals surface area contributed by atoms with Gasteiger partial charge in [0.15, 0.2) is 11.6 Å². The molecule has 0 saturated carbocycles. The lowest BCUT2D eigenvalue weighted by Gasteiger charge is -2.14. The van der Waals surface area contributed by atoms with Gasteiger partial charge in [-0.25, -0.2) is 9.37 Å². The molecule has 1 N–H and O–H groups in total. The first-order chi connectivity index (χ1) is 14.5. The Morgan fingerprint density at radius 3 is 2.73 bits per heavy atom. The van der Waals surface area contributed by atoms with Gasteiger partial charge in [-0.3, -0.25) is 4.79 Å². The van der Waals surface area contributed by atoms with Crippen molar-refractivity contribution in [3.63, 3.8) is 0 Å². The maximum atomic E-state index is 14.0. The number of nitriles is 1. The number of nitrogens with one attached hydrogen (secondary N) is 1. The highest BCUT2D eigenvalue weighted by molar-refractivity contribution is 7.98. The third-order valence-corrected chi connectivity index (χ3v) is 4.70. The molecule has 1 amide bonds. The van der Waals surface area contributed by atoms with Crippen molar-refractivity contribution in [1.82, 2.24) is 4.98 Å². The van der Waals surface area contributed by atoms with E-state index in [0.29, 0.717) is 5.69 Å². The topological polar surface area (TPSA) is 84.2 Å². The summed E-state index contributed by atoms with van der Waals surface area (Å²) >= 11 is 1.51. The summed E-state index contributed by atoms with van der Waals surface area (Å²) in [6.07, 6.45) is 3.11. The Morgan fingerprint density at radius 2 is 2.03 bits per heavy atom. The van der Waals surface area contributed by atoms with Crippen LogP contribution >= 0.6 is 11.8 Å². The Morgan fingerprint density at radius 1 is 1.23 bits per heavy atom. The minimum Gasteiger partial charge on any atom is -0.490 e. The molecule has 0 bridgehead atoms. The van der Waals surface area contributed by atoms with Gasteiger partial charge in [0.2, 0.25) is 17.4 Å². The second-order valence-electron chi connectivity index (χ2n) is 5.87. The summed E-state index contributed by atoms with van der Waals surface area (Å²) in [6, 6.07) is 12.4. The number of hydrogen-bond acceptors (Lipinski definition) is 6. The second-order valence-corrected chi connectivity index (χ2v) is 6.75. The number of methoxy groups -OCH3 is 1. The number of amides is 1. The number of benzene rings is 2. The number of ether oxygens (including phenoxy) is 2. The van der Waals surface area contributed by atoms with E-state index in [2.05, 4.69) is 10.3 Å². The molecule has 0 unspecified atom stereocenters. The summed E-state index contributed by atoms with van der Waals surface area (Å²) in [5.41, 5.74) is 0.601. The molecule has 0 aliphatic rings. The van der Waals surface area contributed by atoms with Gasteiger partial charge in [-0.2, -0.15) is 9.65 Å². The first-order valence-corrected chi connectivity index (χ1v) is 9.74. The summed E-state index contributed by atoms with van der Waals surface area (Å²) in [7, 11) is 1.16. The molecule has 0 aliphatic heterocycles. The van der Waals surface area contributed by atoms with Crippen LogP contribution < -0.4 is 14.8 Å². The van der Waals surface area contributed by atoms with Crippen molar-refractivity contribution >= 4 is 23.4 Å². The fraction of sp³-hybridized carbons (Fsp3) is 0.0952. The molecule has 3 aromatic rings. The van der Waals surface area contributed by atoms with Gasteiger partial charge in [0.1, 0.15) is 11.6 Å². The number of thioether (sulfide) groups is 1. The molecule has 0 atom stereocenters. The third kappa shape index (κ3) is 4.50. The Balaban J connectivity index is 1.98. The zero-order valence-corrected chi connectivity index (χ0v) is 16.7. The van der Waals surface area contributed by atoms with Crippen LogP contribution in [0.4, 0.5) is 14.5 Å². The first-order valence-electron chi connectivity index (χ1n) is 8.52. The SMILES string of the molecule is COc1c(Oc2ncc(C#N)cc2C(=O)Nc2cccc(SC)c2)ccc(F)c1F. The molecule has 1 aromatic heterocycles. The maximum Gasteiger partial charge on any atom is 0.261 e. The van der Waals surface area contributed by atoms with Gasteiger partial charge < -0.3 is 14.8 Å². The van der Waals surface area contributed by atoms with Crippen LogP contribution in [-0.4, -0.2) is 24.3 Å². The average Bonchev–Trinajstić information content (AvgIpc) is 2.76. The van der Waals surface area contributed by atoms with E-state index in [1.165, 1.54) is 24.0 Å². The van der Waals surface area contributed by atoms with Crippen molar-refractivity contribution < 1.29 is 23.0 Å². The first kappa shape index (κ1) is 21.1. The van der Waals surface area contributed by atoms with Gasteiger partial charge in [0, 0.05) is 16.8 Å². The number of carbonyl (C=O) groups is 1.